The van der Waals surface area contributed by atoms with E-state index in [0.717, 1.165) is 35.9 Å². The third kappa shape index (κ3) is 6.68. The molecule has 2 aromatic rings. The summed E-state index contributed by atoms with van der Waals surface area (Å²) in [4.78, 5) is 4.75. The molecular weight excluding hydrogens is 465 g/mol. The summed E-state index contributed by atoms with van der Waals surface area (Å²) < 4.78 is 7.30. The largest absolute Gasteiger partial charge is 0.497 e. The van der Waals surface area contributed by atoms with E-state index in [0.29, 0.717) is 6.54 Å². The maximum absolute atomic E-state index is 5.36. The topological polar surface area (TPSA) is 63.5 Å². The second kappa shape index (κ2) is 11.3. The van der Waals surface area contributed by atoms with Crippen molar-refractivity contribution in [3.63, 3.8) is 0 Å². The lowest BCUT2D eigenvalue weighted by atomic mass is 10.1. The van der Waals surface area contributed by atoms with Gasteiger partial charge in [-0.3, -0.25) is 4.68 Å². The number of aliphatic imine (C=N–C) groups is 1. The van der Waals surface area contributed by atoms with Crippen molar-refractivity contribution in [3.8, 4) is 5.75 Å². The van der Waals surface area contributed by atoms with Crippen LogP contribution in [0.25, 0.3) is 0 Å². The number of methoxy groups -OCH3 is 1. The molecule has 7 heteroatoms. The van der Waals surface area contributed by atoms with Crippen LogP contribution in [0.5, 0.6) is 5.75 Å². The Hall–Kier alpha value is -1.77. The Bertz CT molecular complexity index is 800. The van der Waals surface area contributed by atoms with E-state index in [1.807, 2.05) is 23.9 Å². The lowest BCUT2D eigenvalue weighted by Gasteiger charge is -2.18. The first-order chi connectivity index (χ1) is 12.8. The number of rotatable bonds is 7. The molecule has 0 amide bonds. The van der Waals surface area contributed by atoms with Gasteiger partial charge in [0.15, 0.2) is 5.96 Å². The van der Waals surface area contributed by atoms with Crippen molar-refractivity contribution in [2.24, 2.45) is 12.0 Å². The first-order valence-electron chi connectivity index (χ1n) is 9.52. The van der Waals surface area contributed by atoms with E-state index in [9.17, 15) is 0 Å². The average Bonchev–Trinajstić information content (AvgIpc) is 2.85. The van der Waals surface area contributed by atoms with Crippen molar-refractivity contribution in [2.75, 3.05) is 13.7 Å². The summed E-state index contributed by atoms with van der Waals surface area (Å²) in [6.45, 7) is 11.9. The highest BCUT2D eigenvalue weighted by molar-refractivity contribution is 14.0. The summed E-state index contributed by atoms with van der Waals surface area (Å²) in [7, 11) is 3.68. The van der Waals surface area contributed by atoms with Gasteiger partial charge in [-0.1, -0.05) is 6.07 Å². The normalized spacial score (nSPS) is 12.3. The van der Waals surface area contributed by atoms with Gasteiger partial charge < -0.3 is 15.4 Å². The number of aromatic nitrogens is 2. The van der Waals surface area contributed by atoms with Gasteiger partial charge in [-0.15, -0.1) is 24.0 Å². The highest BCUT2D eigenvalue weighted by Crippen LogP contribution is 2.17. The molecule has 156 valence electrons. The minimum atomic E-state index is 0. The molecule has 6 nitrogen and oxygen atoms in total. The van der Waals surface area contributed by atoms with Crippen LogP contribution in [0.2, 0.25) is 0 Å². The smallest absolute Gasteiger partial charge is 0.191 e. The predicted octanol–water partition coefficient (Wildman–Crippen LogP) is 3.66. The van der Waals surface area contributed by atoms with Gasteiger partial charge in [0, 0.05) is 25.3 Å². The summed E-state index contributed by atoms with van der Waals surface area (Å²) in [6.07, 6.45) is 0.911. The molecule has 0 aliphatic rings. The number of ether oxygens (including phenoxy) is 1. The van der Waals surface area contributed by atoms with E-state index >= 15 is 0 Å². The summed E-state index contributed by atoms with van der Waals surface area (Å²) in [5, 5.41) is 11.4. The first kappa shape index (κ1) is 24.3. The fourth-order valence-electron chi connectivity index (χ4n) is 3.23. The Morgan fingerprint density at radius 1 is 1.25 bits per heavy atom. The molecule has 0 aliphatic carbocycles. The number of aryl methyl sites for hydroxylation is 3. The molecule has 0 bridgehead atoms. The van der Waals surface area contributed by atoms with Gasteiger partial charge >= 0.3 is 0 Å². The van der Waals surface area contributed by atoms with Crippen LogP contribution in [0.4, 0.5) is 0 Å². The fraction of sp³-hybridized carbons (Fsp3) is 0.524. The summed E-state index contributed by atoms with van der Waals surface area (Å²) >= 11 is 0. The number of halogens is 1. The van der Waals surface area contributed by atoms with Gasteiger partial charge in [0.1, 0.15) is 5.75 Å². The molecule has 1 aromatic carbocycles. The van der Waals surface area contributed by atoms with Crippen LogP contribution in [-0.4, -0.2) is 35.4 Å². The van der Waals surface area contributed by atoms with E-state index < -0.39 is 0 Å². The van der Waals surface area contributed by atoms with Gasteiger partial charge in [-0.05, 0) is 69.9 Å². The maximum atomic E-state index is 5.36. The number of hydrogen-bond donors (Lipinski definition) is 2. The molecule has 0 radical (unpaired) electrons. The van der Waals surface area contributed by atoms with Crippen LogP contribution in [0.1, 0.15) is 41.9 Å². The minimum Gasteiger partial charge on any atom is -0.497 e. The van der Waals surface area contributed by atoms with Gasteiger partial charge in [-0.2, -0.15) is 5.10 Å². The van der Waals surface area contributed by atoms with E-state index in [1.54, 1.807) is 7.11 Å². The average molecular weight is 499 g/mol. The Morgan fingerprint density at radius 2 is 1.96 bits per heavy atom. The van der Waals surface area contributed by atoms with E-state index in [1.165, 1.54) is 16.8 Å². The van der Waals surface area contributed by atoms with E-state index in [4.69, 9.17) is 9.73 Å². The number of nitrogens with zero attached hydrogens (tertiary/aromatic N) is 3. The summed E-state index contributed by atoms with van der Waals surface area (Å²) in [5.74, 6) is 1.69. The van der Waals surface area contributed by atoms with Crippen molar-refractivity contribution in [1.29, 1.82) is 0 Å². The third-order valence-corrected chi connectivity index (χ3v) is 4.66. The molecular formula is C21H34IN5O. The second-order valence-electron chi connectivity index (χ2n) is 7.08. The zero-order chi connectivity index (χ0) is 20.0. The summed E-state index contributed by atoms with van der Waals surface area (Å²) in [6, 6.07) is 6.45. The Kier molecular flexibility index (Phi) is 9.78. The first-order valence-corrected chi connectivity index (χ1v) is 9.52. The number of nitrogens with one attached hydrogen (secondary N) is 2. The van der Waals surface area contributed by atoms with Crippen molar-refractivity contribution < 1.29 is 4.74 Å². The molecule has 2 N–H and O–H groups in total. The van der Waals surface area contributed by atoms with Crippen molar-refractivity contribution >= 4 is 29.9 Å². The predicted molar refractivity (Wildman–Crippen MR) is 127 cm³/mol. The molecule has 0 aliphatic heterocycles. The van der Waals surface area contributed by atoms with Crippen LogP contribution < -0.4 is 15.4 Å². The van der Waals surface area contributed by atoms with Crippen LogP contribution in [-0.2, 0) is 20.0 Å². The van der Waals surface area contributed by atoms with Gasteiger partial charge in [0.2, 0.25) is 0 Å². The second-order valence-corrected chi connectivity index (χ2v) is 7.08. The molecule has 2 rings (SSSR count). The lowest BCUT2D eigenvalue weighted by molar-refractivity contribution is 0.414. The maximum Gasteiger partial charge on any atom is 0.191 e. The highest BCUT2D eigenvalue weighted by Gasteiger charge is 2.14. The number of guanidine groups is 1. The SMILES string of the molecule is CCNC(=NCc1cc(C)cc(OC)c1)NC(C)Cc1c(C)nn(C)c1C.I. The molecule has 1 atom stereocenters. The molecule has 1 heterocycles. The van der Waals surface area contributed by atoms with Crippen molar-refractivity contribution in [1.82, 2.24) is 20.4 Å². The quantitative estimate of drug-likeness (QED) is 0.347. The van der Waals surface area contributed by atoms with Gasteiger partial charge in [0.25, 0.3) is 0 Å². The van der Waals surface area contributed by atoms with E-state index in [-0.39, 0.29) is 30.0 Å². The molecule has 0 fully saturated rings. The molecule has 0 saturated carbocycles. The van der Waals surface area contributed by atoms with Gasteiger partial charge in [0.05, 0.1) is 19.3 Å². The fourth-order valence-corrected chi connectivity index (χ4v) is 3.23. The zero-order valence-electron chi connectivity index (χ0n) is 18.1. The standard InChI is InChI=1S/C21H33N5O.HI/c1-8-22-21(23-13-18-9-14(2)10-19(12-18)27-7)24-15(3)11-20-16(4)25-26(6)17(20)5;/h9-10,12,15H,8,11,13H2,1-7H3,(H2,22,23,24);1H. The van der Waals surface area contributed by atoms with Crippen molar-refractivity contribution in [3.05, 3.63) is 46.3 Å². The number of hydrogen-bond acceptors (Lipinski definition) is 3. The van der Waals surface area contributed by atoms with Crippen LogP contribution >= 0.6 is 24.0 Å². The molecule has 28 heavy (non-hydrogen) atoms. The van der Waals surface area contributed by atoms with Crippen LogP contribution in [0.3, 0.4) is 0 Å². The summed E-state index contributed by atoms with van der Waals surface area (Å²) in [5.41, 5.74) is 5.92. The monoisotopic (exact) mass is 499 g/mol. The Labute approximate surface area is 186 Å². The lowest BCUT2D eigenvalue weighted by Crippen LogP contribution is -2.43. The molecule has 1 unspecified atom stereocenters. The Morgan fingerprint density at radius 3 is 2.54 bits per heavy atom. The Balaban J connectivity index is 0.00000392. The molecule has 0 spiro atoms. The van der Waals surface area contributed by atoms with Crippen molar-refractivity contribution in [2.45, 2.75) is 53.6 Å². The van der Waals surface area contributed by atoms with E-state index in [2.05, 4.69) is 56.4 Å². The molecule has 0 saturated heterocycles. The number of benzene rings is 1. The van der Waals surface area contributed by atoms with Crippen LogP contribution in [0, 0.1) is 20.8 Å². The minimum absolute atomic E-state index is 0. The molecule has 1 aromatic heterocycles. The van der Waals surface area contributed by atoms with Crippen LogP contribution in [0.15, 0.2) is 23.2 Å². The zero-order valence-corrected chi connectivity index (χ0v) is 20.4. The third-order valence-electron chi connectivity index (χ3n) is 4.66. The highest BCUT2D eigenvalue weighted by atomic mass is 127. The van der Waals surface area contributed by atoms with Gasteiger partial charge in [-0.25, -0.2) is 4.99 Å².